The number of halogens is 2. The maximum Gasteiger partial charge on any atom is 0.222 e. The molecule has 0 aliphatic rings. The van der Waals surface area contributed by atoms with Crippen molar-refractivity contribution in [2.24, 2.45) is 5.73 Å². The fourth-order valence-electron chi connectivity index (χ4n) is 2.00. The molecular weight excluding hydrogens is 337 g/mol. The van der Waals surface area contributed by atoms with Gasteiger partial charge >= 0.3 is 0 Å². The zero-order valence-electron chi connectivity index (χ0n) is 14.1. The maximum absolute atomic E-state index is 11.8. The lowest BCUT2D eigenvalue weighted by Gasteiger charge is -2.15. The van der Waals surface area contributed by atoms with Crippen LogP contribution in [0.1, 0.15) is 24.5 Å². The number of amides is 1. The maximum atomic E-state index is 11.8. The molecule has 5 nitrogen and oxygen atoms in total. The molecule has 3 N–H and O–H groups in total. The van der Waals surface area contributed by atoms with Gasteiger partial charge < -0.3 is 20.7 Å². The van der Waals surface area contributed by atoms with E-state index in [4.69, 9.17) is 10.5 Å². The minimum Gasteiger partial charge on any atom is -0.380 e. The second-order valence-electron chi connectivity index (χ2n) is 5.22. The SMILES string of the molecule is CCN(C)Cc1cccc(CNC(=O)CC(CN)OC)c1.Cl.Cl. The molecule has 1 aromatic rings. The largest absolute Gasteiger partial charge is 0.380 e. The van der Waals surface area contributed by atoms with Gasteiger partial charge in [0.15, 0.2) is 0 Å². The number of ether oxygens (including phenoxy) is 1. The molecule has 0 radical (unpaired) electrons. The third-order valence-electron chi connectivity index (χ3n) is 3.48. The van der Waals surface area contributed by atoms with Crippen LogP contribution in [-0.2, 0) is 22.6 Å². The Bertz CT molecular complexity index is 443. The number of nitrogens with one attached hydrogen (secondary N) is 1. The zero-order valence-corrected chi connectivity index (χ0v) is 15.7. The van der Waals surface area contributed by atoms with Crippen LogP contribution in [0.4, 0.5) is 0 Å². The number of hydrogen-bond donors (Lipinski definition) is 2. The molecule has 0 bridgehead atoms. The number of rotatable bonds is 9. The van der Waals surface area contributed by atoms with E-state index in [2.05, 4.69) is 36.3 Å². The Morgan fingerprint density at radius 2 is 2.00 bits per heavy atom. The van der Waals surface area contributed by atoms with E-state index in [0.29, 0.717) is 19.5 Å². The smallest absolute Gasteiger partial charge is 0.222 e. The molecule has 1 aromatic carbocycles. The molecule has 1 amide bonds. The highest BCUT2D eigenvalue weighted by Crippen LogP contribution is 2.08. The summed E-state index contributed by atoms with van der Waals surface area (Å²) in [6.45, 7) is 4.94. The first-order valence-electron chi connectivity index (χ1n) is 7.35. The average molecular weight is 366 g/mol. The first-order valence-corrected chi connectivity index (χ1v) is 7.35. The topological polar surface area (TPSA) is 67.6 Å². The number of nitrogens with two attached hydrogens (primary N) is 1. The Kier molecular flexibility index (Phi) is 14.4. The Morgan fingerprint density at radius 3 is 2.57 bits per heavy atom. The van der Waals surface area contributed by atoms with Crippen LogP contribution in [0.2, 0.25) is 0 Å². The molecule has 1 rings (SSSR count). The highest BCUT2D eigenvalue weighted by molar-refractivity contribution is 5.85. The van der Waals surface area contributed by atoms with E-state index in [1.807, 2.05) is 12.1 Å². The quantitative estimate of drug-likeness (QED) is 0.701. The van der Waals surface area contributed by atoms with Gasteiger partial charge in [-0.1, -0.05) is 31.2 Å². The number of carbonyl (C=O) groups is 1. The van der Waals surface area contributed by atoms with Gasteiger partial charge in [0.1, 0.15) is 0 Å². The van der Waals surface area contributed by atoms with E-state index in [-0.39, 0.29) is 36.8 Å². The van der Waals surface area contributed by atoms with Crippen molar-refractivity contribution in [2.45, 2.75) is 32.5 Å². The van der Waals surface area contributed by atoms with Crippen LogP contribution >= 0.6 is 24.8 Å². The number of nitrogens with zero attached hydrogens (tertiary/aromatic N) is 1. The van der Waals surface area contributed by atoms with Crippen LogP contribution in [0, 0.1) is 0 Å². The lowest BCUT2D eigenvalue weighted by molar-refractivity contribution is -0.123. The van der Waals surface area contributed by atoms with Crippen molar-refractivity contribution in [3.05, 3.63) is 35.4 Å². The van der Waals surface area contributed by atoms with E-state index >= 15 is 0 Å². The van der Waals surface area contributed by atoms with Gasteiger partial charge in [-0.2, -0.15) is 0 Å². The third kappa shape index (κ3) is 9.79. The molecule has 23 heavy (non-hydrogen) atoms. The summed E-state index contributed by atoms with van der Waals surface area (Å²) in [5, 5.41) is 2.90. The summed E-state index contributed by atoms with van der Waals surface area (Å²) < 4.78 is 5.11. The van der Waals surface area contributed by atoms with Gasteiger partial charge in [0, 0.05) is 26.7 Å². The second-order valence-corrected chi connectivity index (χ2v) is 5.22. The summed E-state index contributed by atoms with van der Waals surface area (Å²) in [5.74, 6) is -0.0385. The molecule has 0 aromatic heterocycles. The summed E-state index contributed by atoms with van der Waals surface area (Å²) in [6.07, 6.45) is 0.0835. The summed E-state index contributed by atoms with van der Waals surface area (Å²) >= 11 is 0. The van der Waals surface area contributed by atoms with E-state index in [1.165, 1.54) is 5.56 Å². The van der Waals surface area contributed by atoms with Crippen LogP contribution < -0.4 is 11.1 Å². The molecule has 0 heterocycles. The molecule has 0 aliphatic carbocycles. The van der Waals surface area contributed by atoms with Crippen LogP contribution in [0.25, 0.3) is 0 Å². The molecule has 0 saturated carbocycles. The molecule has 0 aliphatic heterocycles. The van der Waals surface area contributed by atoms with Gasteiger partial charge in [0.05, 0.1) is 12.5 Å². The standard InChI is InChI=1S/C16H27N3O2.2ClH/c1-4-19(2)12-14-7-5-6-13(8-14)11-18-16(20)9-15(10-17)21-3;;/h5-8,15H,4,9-12,17H2,1-3H3,(H,18,20);2*1H. The normalized spacial score (nSPS) is 11.3. The number of methoxy groups -OCH3 is 1. The van der Waals surface area contributed by atoms with Crippen LogP contribution in [-0.4, -0.2) is 44.2 Å². The van der Waals surface area contributed by atoms with Gasteiger partial charge in [-0.05, 0) is 24.7 Å². The lowest BCUT2D eigenvalue weighted by Crippen LogP contribution is -2.31. The highest BCUT2D eigenvalue weighted by atomic mass is 35.5. The van der Waals surface area contributed by atoms with Crippen molar-refractivity contribution < 1.29 is 9.53 Å². The van der Waals surface area contributed by atoms with E-state index < -0.39 is 0 Å². The molecule has 1 atom stereocenters. The van der Waals surface area contributed by atoms with Gasteiger partial charge in [0.25, 0.3) is 0 Å². The fourth-order valence-corrected chi connectivity index (χ4v) is 2.00. The second kappa shape index (κ2) is 13.6. The Morgan fingerprint density at radius 1 is 1.35 bits per heavy atom. The van der Waals surface area contributed by atoms with Gasteiger partial charge in [-0.25, -0.2) is 0 Å². The van der Waals surface area contributed by atoms with E-state index in [0.717, 1.165) is 18.7 Å². The van der Waals surface area contributed by atoms with Crippen molar-refractivity contribution >= 4 is 30.7 Å². The monoisotopic (exact) mass is 365 g/mol. The fraction of sp³-hybridized carbons (Fsp3) is 0.562. The first kappa shape index (κ1) is 24.4. The van der Waals surface area contributed by atoms with Crippen LogP contribution in [0.3, 0.4) is 0 Å². The third-order valence-corrected chi connectivity index (χ3v) is 3.48. The van der Waals surface area contributed by atoms with Gasteiger partial charge in [-0.15, -0.1) is 24.8 Å². The Balaban J connectivity index is 0. The highest BCUT2D eigenvalue weighted by Gasteiger charge is 2.11. The molecule has 0 fully saturated rings. The minimum atomic E-state index is -0.213. The summed E-state index contributed by atoms with van der Waals surface area (Å²) in [7, 11) is 3.66. The van der Waals surface area contributed by atoms with E-state index in [1.54, 1.807) is 7.11 Å². The Hall–Kier alpha value is -0.850. The van der Waals surface area contributed by atoms with E-state index in [9.17, 15) is 4.79 Å². The summed E-state index contributed by atoms with van der Waals surface area (Å²) in [6, 6.07) is 8.28. The predicted molar refractivity (Wildman–Crippen MR) is 99.3 cm³/mol. The van der Waals surface area contributed by atoms with Crippen molar-refractivity contribution in [1.29, 1.82) is 0 Å². The predicted octanol–water partition coefficient (Wildman–Crippen LogP) is 1.96. The van der Waals surface area contributed by atoms with Gasteiger partial charge in [0.2, 0.25) is 5.91 Å². The average Bonchev–Trinajstić information content (AvgIpc) is 2.50. The molecular formula is C16H29Cl2N3O2. The minimum absolute atomic E-state index is 0. The Labute approximate surface area is 151 Å². The van der Waals surface area contributed by atoms with Crippen molar-refractivity contribution in [1.82, 2.24) is 10.2 Å². The summed E-state index contributed by atoms with van der Waals surface area (Å²) in [5.41, 5.74) is 7.86. The van der Waals surface area contributed by atoms with Crippen molar-refractivity contribution in [3.8, 4) is 0 Å². The van der Waals surface area contributed by atoms with Gasteiger partial charge in [-0.3, -0.25) is 4.79 Å². The lowest BCUT2D eigenvalue weighted by atomic mass is 10.1. The van der Waals surface area contributed by atoms with Crippen molar-refractivity contribution in [2.75, 3.05) is 27.2 Å². The first-order chi connectivity index (χ1) is 10.1. The van der Waals surface area contributed by atoms with Crippen LogP contribution in [0.15, 0.2) is 24.3 Å². The molecule has 134 valence electrons. The number of benzene rings is 1. The van der Waals surface area contributed by atoms with Crippen LogP contribution in [0.5, 0.6) is 0 Å². The zero-order chi connectivity index (χ0) is 15.7. The van der Waals surface area contributed by atoms with Crippen molar-refractivity contribution in [3.63, 3.8) is 0 Å². The molecule has 0 saturated heterocycles. The number of hydrogen-bond acceptors (Lipinski definition) is 4. The molecule has 7 heteroatoms. The molecule has 1 unspecified atom stereocenters. The summed E-state index contributed by atoms with van der Waals surface area (Å²) in [4.78, 5) is 14.0. The number of carbonyl (C=O) groups excluding carboxylic acids is 1. The molecule has 0 spiro atoms.